The Morgan fingerprint density at radius 3 is 2.58 bits per heavy atom. The molecule has 1 fully saturated rings. The van der Waals surface area contributed by atoms with Gasteiger partial charge in [0.05, 0.1) is 23.9 Å². The molecule has 0 spiro atoms. The van der Waals surface area contributed by atoms with Crippen molar-refractivity contribution in [3.63, 3.8) is 0 Å². The third-order valence-electron chi connectivity index (χ3n) is 3.39. The van der Waals surface area contributed by atoms with E-state index in [1.165, 1.54) is 20.3 Å². The molecule has 1 aromatic rings. The second kappa shape index (κ2) is 8.39. The van der Waals surface area contributed by atoms with Crippen LogP contribution in [0.5, 0.6) is 11.5 Å². The maximum absolute atomic E-state index is 12.3. The fourth-order valence-corrected chi connectivity index (χ4v) is 3.00. The van der Waals surface area contributed by atoms with Crippen LogP contribution in [0.15, 0.2) is 17.8 Å². The normalized spacial score (nSPS) is 15.5. The molecule has 1 aliphatic rings. The molecule has 0 unspecified atom stereocenters. The van der Waals surface area contributed by atoms with E-state index in [1.54, 1.807) is 12.1 Å². The molecule has 0 aromatic heterocycles. The van der Waals surface area contributed by atoms with Crippen LogP contribution in [0.3, 0.4) is 0 Å². The summed E-state index contributed by atoms with van der Waals surface area (Å²) >= 11 is 2.11. The van der Waals surface area contributed by atoms with Crippen molar-refractivity contribution in [1.82, 2.24) is 10.2 Å². The molecule has 2 rings (SSSR count). The monoisotopic (exact) mass is 474 g/mol. The minimum absolute atomic E-state index is 0.0239. The smallest absolute Gasteiger partial charge is 0.329 e. The summed E-state index contributed by atoms with van der Waals surface area (Å²) in [6.07, 6.45) is 1.49. The first-order valence-electron chi connectivity index (χ1n) is 7.72. The van der Waals surface area contributed by atoms with Gasteiger partial charge in [-0.25, -0.2) is 9.69 Å². The quantitative estimate of drug-likeness (QED) is 0.294. The van der Waals surface area contributed by atoms with Gasteiger partial charge in [0.2, 0.25) is 0 Å². The summed E-state index contributed by atoms with van der Waals surface area (Å²) in [4.78, 5) is 36.4. The summed E-state index contributed by atoms with van der Waals surface area (Å²) < 4.78 is 16.4. The molecular formula is C17H19IN2O6. The van der Waals surface area contributed by atoms with E-state index < -0.39 is 24.5 Å². The molecule has 0 saturated carbocycles. The Balaban J connectivity index is 2.32. The lowest BCUT2D eigenvalue weighted by Crippen LogP contribution is -2.36. The SMILES string of the molecule is COC(=O)CN1C(=O)N/C(=C/c2cc(I)c(OC(C)C)c(OC)c2)C1=O. The third-order valence-corrected chi connectivity index (χ3v) is 4.19. The largest absolute Gasteiger partial charge is 0.493 e. The van der Waals surface area contributed by atoms with Crippen molar-refractivity contribution in [3.05, 3.63) is 27.0 Å². The van der Waals surface area contributed by atoms with E-state index >= 15 is 0 Å². The van der Waals surface area contributed by atoms with Gasteiger partial charge in [-0.1, -0.05) is 0 Å². The van der Waals surface area contributed by atoms with Crippen LogP contribution in [0.2, 0.25) is 0 Å². The highest BCUT2D eigenvalue weighted by Gasteiger charge is 2.35. The van der Waals surface area contributed by atoms with Gasteiger partial charge in [-0.15, -0.1) is 0 Å². The highest BCUT2D eigenvalue weighted by Crippen LogP contribution is 2.35. The number of hydrogen-bond acceptors (Lipinski definition) is 6. The number of halogens is 1. The van der Waals surface area contributed by atoms with Crippen LogP contribution in [0.1, 0.15) is 19.4 Å². The van der Waals surface area contributed by atoms with Gasteiger partial charge in [0.15, 0.2) is 11.5 Å². The summed E-state index contributed by atoms with van der Waals surface area (Å²) in [6.45, 7) is 3.38. The second-order valence-corrected chi connectivity index (χ2v) is 6.82. The van der Waals surface area contributed by atoms with E-state index in [2.05, 4.69) is 32.6 Å². The molecule has 3 amide bonds. The number of nitrogens with zero attached hydrogens (tertiary/aromatic N) is 1. The number of amides is 3. The fourth-order valence-electron chi connectivity index (χ4n) is 2.25. The first-order valence-corrected chi connectivity index (χ1v) is 8.80. The Hall–Kier alpha value is -2.30. The summed E-state index contributed by atoms with van der Waals surface area (Å²) in [5.41, 5.74) is 0.709. The van der Waals surface area contributed by atoms with Gasteiger partial charge >= 0.3 is 12.0 Å². The number of benzene rings is 1. The lowest BCUT2D eigenvalue weighted by molar-refractivity contribution is -0.143. The topological polar surface area (TPSA) is 94.2 Å². The minimum Gasteiger partial charge on any atom is -0.493 e. The summed E-state index contributed by atoms with van der Waals surface area (Å²) in [7, 11) is 2.71. The van der Waals surface area contributed by atoms with Crippen LogP contribution >= 0.6 is 22.6 Å². The highest BCUT2D eigenvalue weighted by atomic mass is 127. The van der Waals surface area contributed by atoms with Crippen molar-refractivity contribution >= 4 is 46.6 Å². The predicted molar refractivity (Wildman–Crippen MR) is 102 cm³/mol. The first-order chi connectivity index (χ1) is 12.3. The van der Waals surface area contributed by atoms with Gasteiger partial charge in [-0.05, 0) is 60.2 Å². The number of methoxy groups -OCH3 is 2. The fraction of sp³-hybridized carbons (Fsp3) is 0.353. The molecule has 0 radical (unpaired) electrons. The van der Waals surface area contributed by atoms with Crippen molar-refractivity contribution in [2.45, 2.75) is 20.0 Å². The number of nitrogens with one attached hydrogen (secondary N) is 1. The standard InChI is InChI=1S/C17H19IN2O6/c1-9(2)26-15-11(18)5-10(7-13(15)24-3)6-12-16(22)20(17(23)19-12)8-14(21)25-4/h5-7,9H,8H2,1-4H3,(H,19,23)/b12-6+. The van der Waals surface area contributed by atoms with Crippen molar-refractivity contribution in [3.8, 4) is 11.5 Å². The molecule has 8 nitrogen and oxygen atoms in total. The zero-order chi connectivity index (χ0) is 19.4. The molecule has 1 saturated heterocycles. The molecule has 140 valence electrons. The van der Waals surface area contributed by atoms with Crippen LogP contribution in [-0.2, 0) is 14.3 Å². The van der Waals surface area contributed by atoms with Gasteiger partial charge in [-0.2, -0.15) is 0 Å². The molecular weight excluding hydrogens is 455 g/mol. The number of carbonyl (C=O) groups excluding carboxylic acids is 3. The molecule has 1 aliphatic heterocycles. The van der Waals surface area contributed by atoms with Gasteiger partial charge in [-0.3, -0.25) is 9.59 Å². The van der Waals surface area contributed by atoms with Gasteiger partial charge in [0, 0.05) is 0 Å². The molecule has 0 bridgehead atoms. The average Bonchev–Trinajstić information content (AvgIpc) is 2.84. The lowest BCUT2D eigenvalue weighted by Gasteiger charge is -2.16. The Morgan fingerprint density at radius 1 is 1.31 bits per heavy atom. The van der Waals surface area contributed by atoms with Crippen LogP contribution in [0, 0.1) is 3.57 Å². The van der Waals surface area contributed by atoms with Crippen LogP contribution in [0.4, 0.5) is 4.79 Å². The van der Waals surface area contributed by atoms with Crippen molar-refractivity contribution in [2.24, 2.45) is 0 Å². The van der Waals surface area contributed by atoms with Crippen LogP contribution in [-0.4, -0.2) is 49.7 Å². The van der Waals surface area contributed by atoms with Gasteiger partial charge < -0.3 is 19.5 Å². The maximum Gasteiger partial charge on any atom is 0.329 e. The van der Waals surface area contributed by atoms with E-state index in [0.717, 1.165) is 8.47 Å². The first kappa shape index (κ1) is 20.0. The van der Waals surface area contributed by atoms with Crippen LogP contribution < -0.4 is 14.8 Å². The Morgan fingerprint density at radius 2 is 2.00 bits per heavy atom. The van der Waals surface area contributed by atoms with E-state index in [-0.39, 0.29) is 11.8 Å². The number of rotatable bonds is 6. The third kappa shape index (κ3) is 4.45. The molecule has 0 atom stereocenters. The average molecular weight is 474 g/mol. The number of esters is 1. The van der Waals surface area contributed by atoms with Gasteiger partial charge in [0.1, 0.15) is 12.2 Å². The van der Waals surface area contributed by atoms with Crippen molar-refractivity contribution < 1.29 is 28.6 Å². The van der Waals surface area contributed by atoms with E-state index in [1.807, 2.05) is 13.8 Å². The lowest BCUT2D eigenvalue weighted by atomic mass is 10.1. The molecule has 9 heteroatoms. The van der Waals surface area contributed by atoms with Crippen molar-refractivity contribution in [1.29, 1.82) is 0 Å². The van der Waals surface area contributed by atoms with Crippen LogP contribution in [0.25, 0.3) is 6.08 Å². The zero-order valence-corrected chi connectivity index (χ0v) is 16.9. The highest BCUT2D eigenvalue weighted by molar-refractivity contribution is 14.1. The van der Waals surface area contributed by atoms with E-state index in [0.29, 0.717) is 17.1 Å². The van der Waals surface area contributed by atoms with Crippen molar-refractivity contribution in [2.75, 3.05) is 20.8 Å². The molecule has 1 heterocycles. The number of ether oxygens (including phenoxy) is 3. The minimum atomic E-state index is -0.679. The summed E-state index contributed by atoms with van der Waals surface area (Å²) in [5, 5.41) is 2.45. The number of carbonyl (C=O) groups is 3. The number of urea groups is 1. The Labute approximate surface area is 164 Å². The van der Waals surface area contributed by atoms with E-state index in [4.69, 9.17) is 9.47 Å². The summed E-state index contributed by atoms with van der Waals surface area (Å²) in [5.74, 6) is -0.155. The van der Waals surface area contributed by atoms with Gasteiger partial charge in [0.25, 0.3) is 5.91 Å². The Bertz CT molecular complexity index is 775. The number of hydrogen-bond donors (Lipinski definition) is 1. The molecule has 1 N–H and O–H groups in total. The second-order valence-electron chi connectivity index (χ2n) is 5.66. The number of imide groups is 1. The zero-order valence-electron chi connectivity index (χ0n) is 14.8. The predicted octanol–water partition coefficient (Wildman–Crippen LogP) is 2.15. The molecule has 26 heavy (non-hydrogen) atoms. The Kier molecular flexibility index (Phi) is 6.46. The maximum atomic E-state index is 12.3. The molecule has 0 aliphatic carbocycles. The molecule has 1 aromatic carbocycles. The summed E-state index contributed by atoms with van der Waals surface area (Å²) in [6, 6.07) is 2.83. The van der Waals surface area contributed by atoms with E-state index in [9.17, 15) is 14.4 Å².